The van der Waals surface area contributed by atoms with Gasteiger partial charge in [-0.3, -0.25) is 9.59 Å². The highest BCUT2D eigenvalue weighted by atomic mass is 32.1. The highest BCUT2D eigenvalue weighted by Crippen LogP contribution is 2.31. The lowest BCUT2D eigenvalue weighted by molar-refractivity contribution is 0.0993. The van der Waals surface area contributed by atoms with Gasteiger partial charge in [0.2, 0.25) is 0 Å². The minimum Gasteiger partial charge on any atom is -0.364 e. The van der Waals surface area contributed by atoms with E-state index in [9.17, 15) is 9.59 Å². The van der Waals surface area contributed by atoms with Crippen LogP contribution in [0.1, 0.15) is 25.9 Å². The molecule has 0 spiro atoms. The second kappa shape index (κ2) is 7.37. The Morgan fingerprint density at radius 1 is 1.14 bits per heavy atom. The Bertz CT molecular complexity index is 1140. The predicted octanol–water partition coefficient (Wildman–Crippen LogP) is 3.72. The Morgan fingerprint density at radius 3 is 2.57 bits per heavy atom. The van der Waals surface area contributed by atoms with Crippen LogP contribution in [0, 0.1) is 6.92 Å². The number of primary amides is 1. The van der Waals surface area contributed by atoms with Crippen LogP contribution >= 0.6 is 22.7 Å². The minimum absolute atomic E-state index is 0.194. The summed E-state index contributed by atoms with van der Waals surface area (Å²) < 4.78 is 1.55. The minimum atomic E-state index is -0.579. The smallest absolute Gasteiger partial charge is 0.269 e. The average molecular weight is 409 g/mol. The van der Waals surface area contributed by atoms with Crippen LogP contribution in [0.25, 0.3) is 15.6 Å². The van der Waals surface area contributed by atoms with Crippen LogP contribution in [0.5, 0.6) is 0 Å². The summed E-state index contributed by atoms with van der Waals surface area (Å²) in [5.41, 5.74) is 7.52. The molecule has 28 heavy (non-hydrogen) atoms. The summed E-state index contributed by atoms with van der Waals surface area (Å²) in [6.07, 6.45) is 1.65. The van der Waals surface area contributed by atoms with Gasteiger partial charge in [0.15, 0.2) is 0 Å². The van der Waals surface area contributed by atoms with E-state index in [1.807, 2.05) is 24.4 Å². The molecule has 0 saturated heterocycles. The van der Waals surface area contributed by atoms with Crippen LogP contribution in [0.15, 0.2) is 54.0 Å². The molecule has 0 aliphatic rings. The number of hydrogen-bond donors (Lipinski definition) is 2. The van der Waals surface area contributed by atoms with Crippen LogP contribution in [0.4, 0.5) is 5.69 Å². The third-order valence-corrected chi connectivity index (χ3v) is 6.16. The lowest BCUT2D eigenvalue weighted by Crippen LogP contribution is -2.12. The zero-order chi connectivity index (χ0) is 19.7. The molecule has 0 saturated carbocycles. The van der Waals surface area contributed by atoms with Crippen molar-refractivity contribution in [3.05, 3.63) is 70.3 Å². The number of nitrogens with zero attached hydrogens (tertiary/aromatic N) is 3. The van der Waals surface area contributed by atoms with Gasteiger partial charge < -0.3 is 11.1 Å². The molecule has 3 heterocycles. The van der Waals surface area contributed by atoms with Crippen molar-refractivity contribution in [2.75, 3.05) is 5.32 Å². The fourth-order valence-corrected chi connectivity index (χ4v) is 4.36. The Hall–Kier alpha value is -3.30. The fraction of sp³-hybridized carbons (Fsp3) is 0.0526. The molecule has 0 unspecified atom stereocenters. The standard InChI is InChI=1S/C19H15N5O2S2/c1-11-16(28-19(21-11)15-3-2-10-27-15)18(26)22-12-4-6-13(7-5-12)24-9-8-14(23-24)17(20)25/h2-10H,1H3,(H2,20,25)(H,22,26). The number of carbonyl (C=O) groups is 2. The summed E-state index contributed by atoms with van der Waals surface area (Å²) in [5, 5.41) is 9.83. The zero-order valence-electron chi connectivity index (χ0n) is 14.7. The van der Waals surface area contributed by atoms with Gasteiger partial charge in [-0.25, -0.2) is 9.67 Å². The Morgan fingerprint density at radius 2 is 1.93 bits per heavy atom. The van der Waals surface area contributed by atoms with Crippen molar-refractivity contribution in [1.82, 2.24) is 14.8 Å². The summed E-state index contributed by atoms with van der Waals surface area (Å²) in [6, 6.07) is 12.6. The van der Waals surface area contributed by atoms with E-state index in [0.29, 0.717) is 16.3 Å². The van der Waals surface area contributed by atoms with Gasteiger partial charge >= 0.3 is 0 Å². The maximum atomic E-state index is 12.6. The van der Waals surface area contributed by atoms with E-state index in [4.69, 9.17) is 5.73 Å². The molecule has 3 aromatic heterocycles. The normalized spacial score (nSPS) is 10.8. The number of thiazole rings is 1. The number of carbonyl (C=O) groups excluding carboxylic acids is 2. The Labute approximate surface area is 168 Å². The van der Waals surface area contributed by atoms with Crippen LogP contribution in [0.3, 0.4) is 0 Å². The topological polar surface area (TPSA) is 103 Å². The van der Waals surface area contributed by atoms with Gasteiger partial charge in [-0.1, -0.05) is 6.07 Å². The SMILES string of the molecule is Cc1nc(-c2cccs2)sc1C(=O)Nc1ccc(-n2ccc(C(N)=O)n2)cc1. The number of amides is 2. The van der Waals surface area contributed by atoms with Crippen molar-refractivity contribution >= 4 is 40.2 Å². The highest BCUT2D eigenvalue weighted by molar-refractivity contribution is 7.22. The number of nitrogens with two attached hydrogens (primary N) is 1. The third-order valence-electron chi connectivity index (χ3n) is 3.97. The van der Waals surface area contributed by atoms with Gasteiger partial charge in [-0.05, 0) is 48.7 Å². The quantitative estimate of drug-likeness (QED) is 0.524. The van der Waals surface area contributed by atoms with Crippen molar-refractivity contribution in [3.8, 4) is 15.6 Å². The van der Waals surface area contributed by atoms with E-state index < -0.39 is 5.91 Å². The lowest BCUT2D eigenvalue weighted by Gasteiger charge is -2.06. The van der Waals surface area contributed by atoms with Crippen molar-refractivity contribution in [3.63, 3.8) is 0 Å². The number of hydrogen-bond acceptors (Lipinski definition) is 6. The molecule has 0 aliphatic heterocycles. The number of aryl methyl sites for hydroxylation is 1. The van der Waals surface area contributed by atoms with E-state index in [1.54, 1.807) is 52.5 Å². The molecule has 3 N–H and O–H groups in total. The van der Waals surface area contributed by atoms with Crippen molar-refractivity contribution in [2.45, 2.75) is 6.92 Å². The predicted molar refractivity (Wildman–Crippen MR) is 110 cm³/mol. The van der Waals surface area contributed by atoms with Gasteiger partial charge in [0, 0.05) is 11.9 Å². The molecule has 4 aromatic rings. The first-order valence-corrected chi connectivity index (χ1v) is 9.99. The zero-order valence-corrected chi connectivity index (χ0v) is 16.4. The van der Waals surface area contributed by atoms with Crippen molar-refractivity contribution in [1.29, 1.82) is 0 Å². The van der Waals surface area contributed by atoms with Crippen LogP contribution in [-0.2, 0) is 0 Å². The molecule has 0 bridgehead atoms. The maximum absolute atomic E-state index is 12.6. The van der Waals surface area contributed by atoms with Crippen LogP contribution < -0.4 is 11.1 Å². The molecule has 0 aliphatic carbocycles. The number of benzene rings is 1. The number of anilines is 1. The van der Waals surface area contributed by atoms with Gasteiger partial charge in [-0.15, -0.1) is 22.7 Å². The molecule has 1 aromatic carbocycles. The molecule has 0 atom stereocenters. The summed E-state index contributed by atoms with van der Waals surface area (Å²) in [4.78, 5) is 29.9. The van der Waals surface area contributed by atoms with Gasteiger partial charge in [0.25, 0.3) is 11.8 Å². The van der Waals surface area contributed by atoms with E-state index in [-0.39, 0.29) is 11.6 Å². The first kappa shape index (κ1) is 18.1. The third kappa shape index (κ3) is 3.57. The van der Waals surface area contributed by atoms with Crippen LogP contribution in [0.2, 0.25) is 0 Å². The second-order valence-corrected chi connectivity index (χ2v) is 7.87. The molecule has 2 amide bonds. The molecule has 9 heteroatoms. The second-order valence-electron chi connectivity index (χ2n) is 5.92. The summed E-state index contributed by atoms with van der Waals surface area (Å²) >= 11 is 2.98. The molecule has 0 fully saturated rings. The Balaban J connectivity index is 1.50. The molecular formula is C19H15N5O2S2. The number of nitrogens with one attached hydrogen (secondary N) is 1. The first-order chi connectivity index (χ1) is 13.5. The largest absolute Gasteiger partial charge is 0.364 e. The van der Waals surface area contributed by atoms with E-state index in [1.165, 1.54) is 11.3 Å². The van der Waals surface area contributed by atoms with E-state index in [0.717, 1.165) is 15.6 Å². The average Bonchev–Trinajstić information content (AvgIpc) is 3.42. The monoisotopic (exact) mass is 409 g/mol. The van der Waals surface area contributed by atoms with Gasteiger partial charge in [-0.2, -0.15) is 5.10 Å². The molecular weight excluding hydrogens is 394 g/mol. The first-order valence-electron chi connectivity index (χ1n) is 8.30. The van der Waals surface area contributed by atoms with E-state index in [2.05, 4.69) is 15.4 Å². The van der Waals surface area contributed by atoms with Gasteiger partial charge in [0.1, 0.15) is 15.6 Å². The molecule has 140 valence electrons. The summed E-state index contributed by atoms with van der Waals surface area (Å²) in [7, 11) is 0. The number of rotatable bonds is 5. The van der Waals surface area contributed by atoms with E-state index >= 15 is 0 Å². The van der Waals surface area contributed by atoms with Crippen molar-refractivity contribution in [2.24, 2.45) is 5.73 Å². The maximum Gasteiger partial charge on any atom is 0.269 e. The highest BCUT2D eigenvalue weighted by Gasteiger charge is 2.17. The number of aromatic nitrogens is 3. The fourth-order valence-electron chi connectivity index (χ4n) is 2.60. The molecule has 7 nitrogen and oxygen atoms in total. The van der Waals surface area contributed by atoms with Crippen LogP contribution in [-0.4, -0.2) is 26.6 Å². The lowest BCUT2D eigenvalue weighted by atomic mass is 10.2. The number of thiophene rings is 1. The van der Waals surface area contributed by atoms with Crippen molar-refractivity contribution < 1.29 is 9.59 Å². The molecule has 4 rings (SSSR count). The summed E-state index contributed by atoms with van der Waals surface area (Å²) in [5.74, 6) is -0.773. The summed E-state index contributed by atoms with van der Waals surface area (Å²) in [6.45, 7) is 1.83. The van der Waals surface area contributed by atoms with Gasteiger partial charge in [0.05, 0.1) is 16.3 Å². The Kier molecular flexibility index (Phi) is 4.76. The molecule has 0 radical (unpaired) electrons.